The lowest BCUT2D eigenvalue weighted by molar-refractivity contribution is 0.0493. The summed E-state index contributed by atoms with van der Waals surface area (Å²) in [7, 11) is 1.89. The average Bonchev–Trinajstić information content (AvgIpc) is 3.30. The Kier molecular flexibility index (Phi) is 5.45. The van der Waals surface area contributed by atoms with Gasteiger partial charge >= 0.3 is 0 Å². The summed E-state index contributed by atoms with van der Waals surface area (Å²) in [5, 5.41) is 19.1. The number of benzene rings is 1. The highest BCUT2D eigenvalue weighted by molar-refractivity contribution is 5.69. The second-order valence-corrected chi connectivity index (χ2v) is 8.43. The molecule has 7 heteroatoms. The number of aromatic nitrogens is 4. The fourth-order valence-corrected chi connectivity index (χ4v) is 4.36. The Balaban J connectivity index is 1.54. The van der Waals surface area contributed by atoms with Crippen molar-refractivity contribution in [1.82, 2.24) is 19.7 Å². The van der Waals surface area contributed by atoms with Crippen LogP contribution in [-0.2, 0) is 0 Å². The Hall–Kier alpha value is -2.96. The van der Waals surface area contributed by atoms with Crippen molar-refractivity contribution in [2.75, 3.05) is 11.9 Å². The van der Waals surface area contributed by atoms with E-state index in [0.717, 1.165) is 31.4 Å². The number of hydrogen-bond donors (Lipinski definition) is 1. The molecule has 30 heavy (non-hydrogen) atoms. The summed E-state index contributed by atoms with van der Waals surface area (Å²) in [6.45, 7) is 4.11. The molecular weight excluding hydrogens is 381 g/mol. The number of imidazole rings is 1. The molecule has 0 unspecified atom stereocenters. The van der Waals surface area contributed by atoms with Crippen LogP contribution in [0.5, 0.6) is 5.75 Å². The van der Waals surface area contributed by atoms with E-state index >= 15 is 4.39 Å². The first-order valence-electron chi connectivity index (χ1n) is 10.5. The molecule has 2 heterocycles. The van der Waals surface area contributed by atoms with Gasteiger partial charge in [0.25, 0.3) is 0 Å². The van der Waals surface area contributed by atoms with Gasteiger partial charge in [-0.1, -0.05) is 20.3 Å². The van der Waals surface area contributed by atoms with Gasteiger partial charge in [0.1, 0.15) is 11.9 Å². The lowest BCUT2D eigenvalue weighted by Crippen LogP contribution is -2.50. The molecule has 1 aliphatic carbocycles. The minimum atomic E-state index is -0.900. The summed E-state index contributed by atoms with van der Waals surface area (Å²) in [6.07, 6.45) is 7.85. The molecule has 1 aliphatic rings. The third kappa shape index (κ3) is 3.64. The molecule has 2 aromatic heterocycles. The van der Waals surface area contributed by atoms with Gasteiger partial charge in [-0.25, -0.2) is 9.37 Å². The molecule has 1 fully saturated rings. The number of nitrogens with zero attached hydrogens (tertiary/aromatic N) is 5. The summed E-state index contributed by atoms with van der Waals surface area (Å²) in [4.78, 5) is 5.93. The summed E-state index contributed by atoms with van der Waals surface area (Å²) in [5.41, 5.74) is 1.69. The first kappa shape index (κ1) is 20.3. The number of rotatable bonds is 5. The number of anilines is 1. The van der Waals surface area contributed by atoms with Crippen LogP contribution in [0.1, 0.15) is 39.5 Å². The van der Waals surface area contributed by atoms with Crippen LogP contribution in [0, 0.1) is 5.41 Å². The van der Waals surface area contributed by atoms with Crippen molar-refractivity contribution in [2.24, 2.45) is 5.41 Å². The quantitative estimate of drug-likeness (QED) is 0.657. The molecular formula is C23H28FN5O. The van der Waals surface area contributed by atoms with Crippen molar-refractivity contribution >= 4 is 5.82 Å². The van der Waals surface area contributed by atoms with Gasteiger partial charge in [0.15, 0.2) is 5.82 Å². The zero-order valence-electron chi connectivity index (χ0n) is 17.7. The molecule has 4 rings (SSSR count). The standard InChI is InChI=1S/C23H28FN5O/c1-4-23(2)11-5-6-19(22(23)24)28(3)21-10-9-18(26-27-21)17-8-7-16(14-20(17)30)29-13-12-25-15-29/h7-10,12-15,19,22,30H,4-6,11H2,1-3H3/t19-,22+,23+/m0/s1. The van der Waals surface area contributed by atoms with Crippen molar-refractivity contribution in [2.45, 2.75) is 51.7 Å². The molecule has 6 nitrogen and oxygen atoms in total. The van der Waals surface area contributed by atoms with Gasteiger partial charge in [0.2, 0.25) is 0 Å². The molecule has 3 aromatic rings. The Morgan fingerprint density at radius 3 is 2.73 bits per heavy atom. The first-order valence-corrected chi connectivity index (χ1v) is 10.5. The van der Waals surface area contributed by atoms with Crippen LogP contribution < -0.4 is 4.90 Å². The van der Waals surface area contributed by atoms with Gasteiger partial charge in [-0.3, -0.25) is 0 Å². The molecule has 0 amide bonds. The van der Waals surface area contributed by atoms with Crippen LogP contribution in [0.4, 0.5) is 10.2 Å². The van der Waals surface area contributed by atoms with E-state index < -0.39 is 6.17 Å². The molecule has 1 aromatic carbocycles. The lowest BCUT2D eigenvalue weighted by atomic mass is 9.70. The summed E-state index contributed by atoms with van der Waals surface area (Å²) in [5.74, 6) is 0.757. The van der Waals surface area contributed by atoms with Gasteiger partial charge < -0.3 is 14.6 Å². The van der Waals surface area contributed by atoms with E-state index in [1.807, 2.05) is 53.9 Å². The first-order chi connectivity index (χ1) is 14.4. The van der Waals surface area contributed by atoms with E-state index in [9.17, 15) is 5.11 Å². The fourth-order valence-electron chi connectivity index (χ4n) is 4.36. The van der Waals surface area contributed by atoms with Gasteiger partial charge in [-0.05, 0) is 43.5 Å². The van der Waals surface area contributed by atoms with E-state index in [1.165, 1.54) is 0 Å². The molecule has 1 saturated carbocycles. The Labute approximate surface area is 176 Å². The predicted molar refractivity (Wildman–Crippen MR) is 116 cm³/mol. The number of alkyl halides is 1. The van der Waals surface area contributed by atoms with Gasteiger partial charge in [-0.15, -0.1) is 10.2 Å². The summed E-state index contributed by atoms with van der Waals surface area (Å²) in [6, 6.07) is 8.82. The van der Waals surface area contributed by atoms with E-state index in [2.05, 4.69) is 22.1 Å². The van der Waals surface area contributed by atoms with E-state index in [1.54, 1.807) is 18.6 Å². The minimum absolute atomic E-state index is 0.117. The van der Waals surface area contributed by atoms with Crippen LogP contribution >= 0.6 is 0 Å². The topological polar surface area (TPSA) is 67.1 Å². The van der Waals surface area contributed by atoms with E-state index in [4.69, 9.17) is 0 Å². The maximum atomic E-state index is 15.3. The zero-order chi connectivity index (χ0) is 21.3. The predicted octanol–water partition coefficient (Wildman–Crippen LogP) is 4.78. The molecule has 1 N–H and O–H groups in total. The van der Waals surface area contributed by atoms with Crippen molar-refractivity contribution < 1.29 is 9.50 Å². The Morgan fingerprint density at radius 1 is 1.27 bits per heavy atom. The molecule has 0 radical (unpaired) electrons. The highest BCUT2D eigenvalue weighted by Gasteiger charge is 2.43. The van der Waals surface area contributed by atoms with Crippen molar-refractivity contribution in [3.05, 3.63) is 49.1 Å². The fraction of sp³-hybridized carbons (Fsp3) is 0.435. The highest BCUT2D eigenvalue weighted by Crippen LogP contribution is 2.43. The third-order valence-electron chi connectivity index (χ3n) is 6.63. The number of phenolic OH excluding ortho intramolecular Hbond substituents is 1. The Bertz CT molecular complexity index is 991. The maximum Gasteiger partial charge on any atom is 0.151 e. The normalized spacial score (nSPS) is 24.0. The van der Waals surface area contributed by atoms with Gasteiger partial charge in [0.05, 0.1) is 23.8 Å². The third-order valence-corrected chi connectivity index (χ3v) is 6.63. The largest absolute Gasteiger partial charge is 0.507 e. The van der Waals surface area contributed by atoms with Crippen LogP contribution in [-0.4, -0.2) is 44.1 Å². The van der Waals surface area contributed by atoms with E-state index in [-0.39, 0.29) is 17.2 Å². The zero-order valence-corrected chi connectivity index (χ0v) is 17.7. The number of phenols is 1. The summed E-state index contributed by atoms with van der Waals surface area (Å²) < 4.78 is 17.1. The Morgan fingerprint density at radius 2 is 2.10 bits per heavy atom. The molecule has 3 atom stereocenters. The molecule has 0 saturated heterocycles. The number of halogens is 1. The van der Waals surface area contributed by atoms with Crippen molar-refractivity contribution in [3.8, 4) is 22.7 Å². The van der Waals surface area contributed by atoms with Gasteiger partial charge in [-0.2, -0.15) is 0 Å². The second kappa shape index (κ2) is 8.05. The smallest absolute Gasteiger partial charge is 0.151 e. The van der Waals surface area contributed by atoms with Gasteiger partial charge in [0, 0.05) is 36.5 Å². The van der Waals surface area contributed by atoms with E-state index in [0.29, 0.717) is 17.1 Å². The number of hydrogen-bond acceptors (Lipinski definition) is 5. The second-order valence-electron chi connectivity index (χ2n) is 8.43. The molecule has 0 bridgehead atoms. The monoisotopic (exact) mass is 409 g/mol. The van der Waals surface area contributed by atoms with Crippen molar-refractivity contribution in [1.29, 1.82) is 0 Å². The summed E-state index contributed by atoms with van der Waals surface area (Å²) >= 11 is 0. The molecule has 0 spiro atoms. The van der Waals surface area contributed by atoms with Crippen LogP contribution in [0.15, 0.2) is 49.1 Å². The van der Waals surface area contributed by atoms with Crippen LogP contribution in [0.3, 0.4) is 0 Å². The molecule has 0 aliphatic heterocycles. The minimum Gasteiger partial charge on any atom is -0.507 e. The SMILES string of the molecule is CC[C@]1(C)CCC[C@H](N(C)c2ccc(-c3ccc(-n4ccnc4)cc3O)nn2)[C@H]1F. The average molecular weight is 410 g/mol. The maximum absolute atomic E-state index is 15.3. The lowest BCUT2D eigenvalue weighted by Gasteiger charge is -2.44. The van der Waals surface area contributed by atoms with Crippen LogP contribution in [0.25, 0.3) is 16.9 Å². The van der Waals surface area contributed by atoms with Crippen LogP contribution in [0.2, 0.25) is 0 Å². The highest BCUT2D eigenvalue weighted by atomic mass is 19.1. The molecule has 158 valence electrons. The number of aromatic hydroxyl groups is 1. The van der Waals surface area contributed by atoms with Crippen molar-refractivity contribution in [3.63, 3.8) is 0 Å².